The zero-order valence-electron chi connectivity index (χ0n) is 23.4. The van der Waals surface area contributed by atoms with Crippen molar-refractivity contribution in [3.63, 3.8) is 0 Å². The van der Waals surface area contributed by atoms with Gasteiger partial charge in [0.05, 0.1) is 6.33 Å². The number of carboxylic acid groups (broad SMARTS) is 1. The molecule has 2 fully saturated rings. The van der Waals surface area contributed by atoms with Crippen LogP contribution in [0.2, 0.25) is 0 Å². The SMILES string of the molecule is Cn1cnc(C(=O)O)c1.FC(F)(F)Oc1cccc(CNCC2C3CN(Cc4ccc(Oc5ccccc5)nc4)CC23)c1. The summed E-state index contributed by atoms with van der Waals surface area (Å²) in [7, 11) is 1.72. The van der Waals surface area contributed by atoms with E-state index in [0.717, 1.165) is 43.1 Å². The van der Waals surface area contributed by atoms with E-state index in [2.05, 4.69) is 31.0 Å². The molecule has 1 saturated carbocycles. The van der Waals surface area contributed by atoms with Crippen LogP contribution in [-0.4, -0.2) is 56.5 Å². The Morgan fingerprint density at radius 2 is 1.74 bits per heavy atom. The van der Waals surface area contributed by atoms with Gasteiger partial charge in [-0.1, -0.05) is 36.4 Å². The Hall–Kier alpha value is -4.42. The maximum Gasteiger partial charge on any atom is 0.573 e. The second-order valence-electron chi connectivity index (χ2n) is 10.7. The number of rotatable bonds is 10. The fourth-order valence-corrected chi connectivity index (χ4v) is 5.36. The van der Waals surface area contributed by atoms with Crippen LogP contribution in [0.15, 0.2) is 85.5 Å². The lowest BCUT2D eigenvalue weighted by Crippen LogP contribution is -2.27. The van der Waals surface area contributed by atoms with Gasteiger partial charge in [0.1, 0.15) is 11.5 Å². The molecule has 2 aromatic carbocycles. The Bertz CT molecular complexity index is 1490. The second-order valence-corrected chi connectivity index (χ2v) is 10.7. The van der Waals surface area contributed by atoms with E-state index >= 15 is 0 Å². The molecule has 2 unspecified atom stereocenters. The fourth-order valence-electron chi connectivity index (χ4n) is 5.36. The molecule has 2 aromatic heterocycles. The van der Waals surface area contributed by atoms with Crippen LogP contribution in [-0.2, 0) is 20.1 Å². The van der Waals surface area contributed by atoms with Crippen LogP contribution < -0.4 is 14.8 Å². The van der Waals surface area contributed by atoms with E-state index in [4.69, 9.17) is 9.84 Å². The van der Waals surface area contributed by atoms with E-state index in [9.17, 15) is 18.0 Å². The Morgan fingerprint density at radius 1 is 1.00 bits per heavy atom. The highest BCUT2D eigenvalue weighted by molar-refractivity contribution is 5.84. The number of aromatic nitrogens is 3. The Labute approximate surface area is 246 Å². The van der Waals surface area contributed by atoms with Crippen molar-refractivity contribution in [2.24, 2.45) is 24.8 Å². The fraction of sp³-hybridized carbons (Fsp3) is 0.323. The lowest BCUT2D eigenvalue weighted by atomic mass is 10.2. The molecular weight excluding hydrogens is 563 g/mol. The van der Waals surface area contributed by atoms with Gasteiger partial charge in [0.15, 0.2) is 5.69 Å². The highest BCUT2D eigenvalue weighted by Gasteiger charge is 2.54. The minimum atomic E-state index is -4.67. The highest BCUT2D eigenvalue weighted by Crippen LogP contribution is 2.51. The van der Waals surface area contributed by atoms with E-state index in [1.54, 1.807) is 23.7 Å². The molecule has 6 rings (SSSR count). The lowest BCUT2D eigenvalue weighted by Gasteiger charge is -2.19. The monoisotopic (exact) mass is 595 g/mol. The molecule has 1 aliphatic heterocycles. The molecule has 0 amide bonds. The lowest BCUT2D eigenvalue weighted by molar-refractivity contribution is -0.274. The number of hydrogen-bond donors (Lipinski definition) is 2. The zero-order chi connectivity index (χ0) is 30.4. The Morgan fingerprint density at radius 3 is 2.35 bits per heavy atom. The number of imidazole rings is 1. The summed E-state index contributed by atoms with van der Waals surface area (Å²) in [6, 6.07) is 19.7. The number of ether oxygens (including phenoxy) is 2. The van der Waals surface area contributed by atoms with Crippen LogP contribution in [0.25, 0.3) is 0 Å². The molecule has 2 N–H and O–H groups in total. The number of benzene rings is 2. The van der Waals surface area contributed by atoms with Crippen molar-refractivity contribution >= 4 is 5.97 Å². The van der Waals surface area contributed by atoms with E-state index in [-0.39, 0.29) is 11.4 Å². The first-order chi connectivity index (χ1) is 20.6. The van der Waals surface area contributed by atoms with Gasteiger partial charge in [0, 0.05) is 51.7 Å². The average Bonchev–Trinajstić information content (AvgIpc) is 3.26. The standard InChI is InChI=1S/C26H26F3N3O2.C5H6N2O2/c27-26(28,29)34-21-8-4-5-18(11-21)12-30-14-22-23-16-32(17-24(22)23)15-19-9-10-25(31-13-19)33-20-6-2-1-3-7-20;1-7-2-4(5(8)9)6-3-7/h1-11,13,22-24,30H,12,14-17H2;2-3H,1H3,(H,8,9). The summed E-state index contributed by atoms with van der Waals surface area (Å²) in [6.07, 6.45) is 0.0983. The number of nitrogens with one attached hydrogen (secondary N) is 1. The van der Waals surface area contributed by atoms with Crippen molar-refractivity contribution in [2.75, 3.05) is 19.6 Å². The molecule has 9 nitrogen and oxygen atoms in total. The topological polar surface area (TPSA) is 102 Å². The molecule has 4 aromatic rings. The largest absolute Gasteiger partial charge is 0.573 e. The number of likely N-dealkylation sites (tertiary alicyclic amines) is 1. The Balaban J connectivity index is 0.000000351. The van der Waals surface area contributed by atoms with E-state index in [1.165, 1.54) is 24.7 Å². The summed E-state index contributed by atoms with van der Waals surface area (Å²) >= 11 is 0. The van der Waals surface area contributed by atoms with Crippen LogP contribution >= 0.6 is 0 Å². The summed E-state index contributed by atoms with van der Waals surface area (Å²) in [5, 5.41) is 11.7. The van der Waals surface area contributed by atoms with Gasteiger partial charge in [0.25, 0.3) is 0 Å². The number of fused-ring (bicyclic) bond motifs is 1. The number of aryl methyl sites for hydroxylation is 1. The number of alkyl halides is 3. The number of para-hydroxylation sites is 1. The molecule has 0 spiro atoms. The normalized spacial score (nSPS) is 19.2. The summed E-state index contributed by atoms with van der Waals surface area (Å²) in [5.74, 6) is 2.17. The van der Waals surface area contributed by atoms with Crippen LogP contribution in [0.1, 0.15) is 21.6 Å². The molecule has 226 valence electrons. The number of halogens is 3. The van der Waals surface area contributed by atoms with Crippen molar-refractivity contribution in [1.29, 1.82) is 0 Å². The molecule has 2 aliphatic rings. The molecule has 1 saturated heterocycles. The first-order valence-corrected chi connectivity index (χ1v) is 13.8. The number of carboxylic acids is 1. The molecule has 0 radical (unpaired) electrons. The van der Waals surface area contributed by atoms with Crippen molar-refractivity contribution < 1.29 is 32.5 Å². The quantitative estimate of drug-likeness (QED) is 0.253. The number of aromatic carboxylic acids is 1. The predicted octanol–water partition coefficient (Wildman–Crippen LogP) is 5.36. The van der Waals surface area contributed by atoms with Gasteiger partial charge in [-0.3, -0.25) is 4.90 Å². The third-order valence-corrected chi connectivity index (χ3v) is 7.38. The highest BCUT2D eigenvalue weighted by atomic mass is 19.4. The van der Waals surface area contributed by atoms with Gasteiger partial charge < -0.3 is 24.5 Å². The maximum absolute atomic E-state index is 12.4. The molecule has 1 aliphatic carbocycles. The number of pyridine rings is 1. The van der Waals surface area contributed by atoms with Crippen LogP contribution in [0, 0.1) is 17.8 Å². The van der Waals surface area contributed by atoms with Crippen molar-refractivity contribution in [1.82, 2.24) is 24.8 Å². The first kappa shape index (κ1) is 30.1. The average molecular weight is 596 g/mol. The van der Waals surface area contributed by atoms with Crippen molar-refractivity contribution in [2.45, 2.75) is 19.5 Å². The summed E-state index contributed by atoms with van der Waals surface area (Å²) in [5.41, 5.74) is 2.02. The van der Waals surface area contributed by atoms with Gasteiger partial charge in [-0.05, 0) is 59.7 Å². The van der Waals surface area contributed by atoms with Gasteiger partial charge in [-0.2, -0.15) is 0 Å². The molecule has 43 heavy (non-hydrogen) atoms. The number of carbonyl (C=O) groups is 1. The van der Waals surface area contributed by atoms with Crippen molar-refractivity contribution in [3.8, 4) is 17.4 Å². The number of piperidine rings is 1. The second kappa shape index (κ2) is 13.3. The summed E-state index contributed by atoms with van der Waals surface area (Å²) in [4.78, 5) is 20.6. The maximum atomic E-state index is 12.4. The third kappa shape index (κ3) is 8.79. The summed E-state index contributed by atoms with van der Waals surface area (Å²) in [6.45, 7) is 4.40. The summed E-state index contributed by atoms with van der Waals surface area (Å²) < 4.78 is 48.5. The van der Waals surface area contributed by atoms with E-state index in [0.29, 0.717) is 30.2 Å². The van der Waals surface area contributed by atoms with Crippen LogP contribution in [0.4, 0.5) is 13.2 Å². The Kier molecular flexibility index (Phi) is 9.27. The van der Waals surface area contributed by atoms with E-state index in [1.807, 2.05) is 42.6 Å². The molecule has 3 heterocycles. The molecule has 12 heteroatoms. The zero-order valence-corrected chi connectivity index (χ0v) is 23.4. The number of hydrogen-bond acceptors (Lipinski definition) is 7. The first-order valence-electron chi connectivity index (χ1n) is 13.8. The van der Waals surface area contributed by atoms with Gasteiger partial charge >= 0.3 is 12.3 Å². The van der Waals surface area contributed by atoms with Crippen molar-refractivity contribution in [3.05, 3.63) is 102 Å². The molecule has 2 atom stereocenters. The third-order valence-electron chi connectivity index (χ3n) is 7.38. The predicted molar refractivity (Wildman–Crippen MR) is 151 cm³/mol. The minimum Gasteiger partial charge on any atom is -0.476 e. The van der Waals surface area contributed by atoms with Gasteiger partial charge in [-0.25, -0.2) is 14.8 Å². The molecular formula is C31H32F3N5O4. The van der Waals surface area contributed by atoms with Gasteiger partial charge in [0.2, 0.25) is 5.88 Å². The van der Waals surface area contributed by atoms with E-state index < -0.39 is 12.3 Å². The number of nitrogens with zero attached hydrogens (tertiary/aromatic N) is 4. The van der Waals surface area contributed by atoms with Gasteiger partial charge in [-0.15, -0.1) is 13.2 Å². The molecule has 0 bridgehead atoms. The van der Waals surface area contributed by atoms with Crippen LogP contribution in [0.5, 0.6) is 17.4 Å². The minimum absolute atomic E-state index is 0.0810. The smallest absolute Gasteiger partial charge is 0.476 e. The van der Waals surface area contributed by atoms with Crippen LogP contribution in [0.3, 0.4) is 0 Å².